The lowest BCUT2D eigenvalue weighted by atomic mass is 10.0. The molecule has 0 spiro atoms. The van der Waals surface area contributed by atoms with Crippen molar-refractivity contribution in [3.8, 4) is 0 Å². The lowest BCUT2D eigenvalue weighted by molar-refractivity contribution is -0.153. The number of hydrogen-bond donors (Lipinski definition) is 2. The van der Waals surface area contributed by atoms with Crippen LogP contribution >= 0.6 is 0 Å². The minimum atomic E-state index is -1.12. The lowest BCUT2D eigenvalue weighted by Gasteiger charge is -2.23. The number of carbonyl (C=O) groups excluding carboxylic acids is 4. The molecule has 1 aromatic heterocycles. The molecule has 5 aromatic carbocycles. The molecular weight excluding hydrogens is 666 g/mol. The Morgan fingerprint density at radius 1 is 0.736 bits per heavy atom. The quantitative estimate of drug-likeness (QED) is 0.102. The van der Waals surface area contributed by atoms with Crippen LogP contribution in [0.1, 0.15) is 58.4 Å². The normalized spacial score (nSPS) is 12.2. The number of benzene rings is 5. The first-order chi connectivity index (χ1) is 25.7. The molecule has 2 atom stereocenters. The highest BCUT2D eigenvalue weighted by Gasteiger charge is 2.28. The molecule has 9 nitrogen and oxygen atoms in total. The van der Waals surface area contributed by atoms with Gasteiger partial charge in [0.2, 0.25) is 5.91 Å². The van der Waals surface area contributed by atoms with E-state index in [1.807, 2.05) is 133 Å². The Morgan fingerprint density at radius 3 is 2.17 bits per heavy atom. The van der Waals surface area contributed by atoms with E-state index in [1.165, 1.54) is 0 Å². The van der Waals surface area contributed by atoms with Crippen LogP contribution in [0.15, 0.2) is 127 Å². The van der Waals surface area contributed by atoms with E-state index < -0.39 is 35.9 Å². The van der Waals surface area contributed by atoms with Gasteiger partial charge in [-0.25, -0.2) is 4.79 Å². The molecule has 1 heterocycles. The van der Waals surface area contributed by atoms with Crippen molar-refractivity contribution in [2.75, 3.05) is 0 Å². The Kier molecular flexibility index (Phi) is 12.0. The molecule has 6 aromatic rings. The monoisotopic (exact) mass is 709 g/mol. The van der Waals surface area contributed by atoms with Gasteiger partial charge in [0, 0.05) is 30.3 Å². The van der Waals surface area contributed by atoms with Gasteiger partial charge in [-0.2, -0.15) is 0 Å². The molecule has 0 aliphatic carbocycles. The number of carbonyl (C=O) groups is 4. The molecule has 0 aliphatic heterocycles. The third-order valence-electron chi connectivity index (χ3n) is 9.20. The van der Waals surface area contributed by atoms with Gasteiger partial charge < -0.3 is 25.1 Å². The number of aryl methyl sites for hydroxylation is 1. The predicted octanol–water partition coefficient (Wildman–Crippen LogP) is 7.19. The van der Waals surface area contributed by atoms with E-state index in [1.54, 1.807) is 6.07 Å². The Morgan fingerprint density at radius 2 is 1.42 bits per heavy atom. The maximum atomic E-state index is 14.1. The van der Waals surface area contributed by atoms with Crippen molar-refractivity contribution in [3.63, 3.8) is 0 Å². The molecule has 0 aliphatic rings. The summed E-state index contributed by atoms with van der Waals surface area (Å²) < 4.78 is 13.3. The molecule has 0 saturated carbocycles. The Bertz CT molecular complexity index is 2210. The Balaban J connectivity index is 1.21. The highest BCUT2D eigenvalue weighted by atomic mass is 16.5. The van der Waals surface area contributed by atoms with Gasteiger partial charge in [-0.15, -0.1) is 0 Å². The van der Waals surface area contributed by atoms with E-state index in [-0.39, 0.29) is 38.7 Å². The predicted molar refractivity (Wildman–Crippen MR) is 205 cm³/mol. The summed E-state index contributed by atoms with van der Waals surface area (Å²) >= 11 is 0. The fourth-order valence-corrected chi connectivity index (χ4v) is 6.44. The minimum Gasteiger partial charge on any atom is -0.461 e. The average molecular weight is 710 g/mol. The zero-order chi connectivity index (χ0) is 37.2. The van der Waals surface area contributed by atoms with Crippen molar-refractivity contribution in [3.05, 3.63) is 155 Å². The first-order valence-corrected chi connectivity index (χ1v) is 17.8. The molecule has 0 radical (unpaired) electrons. The smallest absolute Gasteiger partial charge is 0.328 e. The van der Waals surface area contributed by atoms with Crippen LogP contribution in [0.25, 0.3) is 21.7 Å². The highest BCUT2D eigenvalue weighted by Crippen LogP contribution is 2.23. The maximum Gasteiger partial charge on any atom is 0.328 e. The molecule has 0 bridgehead atoms. The van der Waals surface area contributed by atoms with Crippen molar-refractivity contribution in [2.24, 2.45) is 5.73 Å². The number of amides is 2. The molecule has 3 N–H and O–H groups in total. The van der Waals surface area contributed by atoms with Crippen LogP contribution in [0, 0.1) is 6.92 Å². The Hall–Kier alpha value is -6.22. The van der Waals surface area contributed by atoms with E-state index in [9.17, 15) is 19.2 Å². The maximum absolute atomic E-state index is 14.1. The van der Waals surface area contributed by atoms with Crippen LogP contribution in [0.3, 0.4) is 0 Å². The van der Waals surface area contributed by atoms with Crippen molar-refractivity contribution in [1.82, 2.24) is 9.88 Å². The minimum absolute atomic E-state index is 0.0297. The van der Waals surface area contributed by atoms with Gasteiger partial charge in [0.05, 0.1) is 6.42 Å². The first-order valence-electron chi connectivity index (χ1n) is 17.8. The number of ether oxygens (including phenoxy) is 2. The SMILES string of the molecule is Cc1ccc(Cn2c(C(=O)N[C@@H](CCCC(=O)OCc3ccccc3)C(=O)O[C@H](CC(N)=O)Cc3ccc4ccccc4c3)cc3ccccc32)cc1. The zero-order valence-corrected chi connectivity index (χ0v) is 29.7. The number of rotatable bonds is 16. The molecule has 53 heavy (non-hydrogen) atoms. The summed E-state index contributed by atoms with van der Waals surface area (Å²) in [6, 6.07) is 39.6. The first kappa shape index (κ1) is 36.6. The van der Waals surface area contributed by atoms with E-state index in [2.05, 4.69) is 5.32 Å². The molecule has 0 saturated heterocycles. The number of aromatic nitrogens is 1. The standard InChI is InChI=1S/C44H43N3O6/c1-30-18-20-31(21-19-30)28-47-39-16-8-7-14-36(39)26-40(47)43(50)46-38(15-9-17-42(49)52-29-32-10-3-2-4-11-32)44(51)53-37(27-41(45)48)25-33-22-23-34-12-5-6-13-35(34)24-33/h2-8,10-14,16,18-24,26,37-38H,9,15,17,25,27-29H2,1H3,(H2,45,48)(H,46,50)/t37-,38-/m0/s1. The van der Waals surface area contributed by atoms with Gasteiger partial charge in [0.1, 0.15) is 24.4 Å². The Labute approximate surface area is 308 Å². The van der Waals surface area contributed by atoms with Gasteiger partial charge in [-0.1, -0.05) is 121 Å². The van der Waals surface area contributed by atoms with Crippen molar-refractivity contribution >= 4 is 45.4 Å². The fraction of sp³-hybridized carbons (Fsp3) is 0.227. The second-order valence-electron chi connectivity index (χ2n) is 13.3. The molecule has 270 valence electrons. The zero-order valence-electron chi connectivity index (χ0n) is 29.7. The number of nitrogens with one attached hydrogen (secondary N) is 1. The van der Waals surface area contributed by atoms with Gasteiger partial charge >= 0.3 is 11.9 Å². The summed E-state index contributed by atoms with van der Waals surface area (Å²) in [5, 5.41) is 5.86. The largest absolute Gasteiger partial charge is 0.461 e. The van der Waals surface area contributed by atoms with E-state index in [0.29, 0.717) is 12.2 Å². The second-order valence-corrected chi connectivity index (χ2v) is 13.3. The second kappa shape index (κ2) is 17.3. The van der Waals surface area contributed by atoms with Gasteiger partial charge in [0.15, 0.2) is 0 Å². The van der Waals surface area contributed by atoms with E-state index >= 15 is 0 Å². The number of esters is 2. The summed E-state index contributed by atoms with van der Waals surface area (Å²) in [5.74, 6) is -2.23. The van der Waals surface area contributed by atoms with Crippen molar-refractivity contribution in [2.45, 2.75) is 64.3 Å². The number of para-hydroxylation sites is 1. The highest BCUT2D eigenvalue weighted by molar-refractivity contribution is 6.00. The topological polar surface area (TPSA) is 130 Å². The lowest BCUT2D eigenvalue weighted by Crippen LogP contribution is -2.44. The fourth-order valence-electron chi connectivity index (χ4n) is 6.44. The van der Waals surface area contributed by atoms with Crippen LogP contribution < -0.4 is 11.1 Å². The number of nitrogens with two attached hydrogens (primary N) is 1. The number of fused-ring (bicyclic) bond motifs is 2. The van der Waals surface area contributed by atoms with Crippen LogP contribution in [-0.4, -0.2) is 40.5 Å². The van der Waals surface area contributed by atoms with Gasteiger partial charge in [-0.05, 0) is 59.4 Å². The third-order valence-corrected chi connectivity index (χ3v) is 9.20. The molecule has 2 amide bonds. The average Bonchev–Trinajstić information content (AvgIpc) is 3.52. The van der Waals surface area contributed by atoms with Gasteiger partial charge in [0.25, 0.3) is 5.91 Å². The van der Waals surface area contributed by atoms with Crippen LogP contribution in [0.2, 0.25) is 0 Å². The number of hydrogen-bond acceptors (Lipinski definition) is 6. The summed E-state index contributed by atoms with van der Waals surface area (Å²) in [6.45, 7) is 2.59. The molecule has 0 fully saturated rings. The van der Waals surface area contributed by atoms with Crippen LogP contribution in [0.5, 0.6) is 0 Å². The molecule has 6 rings (SSSR count). The van der Waals surface area contributed by atoms with Crippen molar-refractivity contribution in [1.29, 1.82) is 0 Å². The number of primary amides is 1. The van der Waals surface area contributed by atoms with E-state index in [0.717, 1.165) is 43.9 Å². The number of nitrogens with zero attached hydrogens (tertiary/aromatic N) is 1. The summed E-state index contributed by atoms with van der Waals surface area (Å²) in [7, 11) is 0. The third kappa shape index (κ3) is 9.98. The van der Waals surface area contributed by atoms with E-state index in [4.69, 9.17) is 15.2 Å². The summed E-state index contributed by atoms with van der Waals surface area (Å²) in [5.41, 5.74) is 10.7. The summed E-state index contributed by atoms with van der Waals surface area (Å²) in [6.07, 6.45) is -0.452. The summed E-state index contributed by atoms with van der Waals surface area (Å²) in [4.78, 5) is 52.9. The molecule has 0 unspecified atom stereocenters. The molecular formula is C44H43N3O6. The van der Waals surface area contributed by atoms with Crippen LogP contribution in [0.4, 0.5) is 0 Å². The van der Waals surface area contributed by atoms with Crippen LogP contribution in [-0.2, 0) is 43.4 Å². The van der Waals surface area contributed by atoms with Gasteiger partial charge in [-0.3, -0.25) is 14.4 Å². The molecule has 9 heteroatoms. The van der Waals surface area contributed by atoms with Crippen molar-refractivity contribution < 1.29 is 28.7 Å².